The molecule has 0 aliphatic carbocycles. The van der Waals surface area contributed by atoms with Crippen LogP contribution in [0.3, 0.4) is 0 Å². The summed E-state index contributed by atoms with van der Waals surface area (Å²) < 4.78 is 5.85. The minimum atomic E-state index is -0.875. The van der Waals surface area contributed by atoms with E-state index in [1.165, 1.54) is 24.3 Å². The Morgan fingerprint density at radius 3 is 2.35 bits per heavy atom. The minimum Gasteiger partial charge on any atom is -0.492 e. The average molecular weight is 309 g/mol. The molecule has 1 aromatic carbocycles. The number of furan rings is 1. The SMILES string of the molecule is O=C(On1c(O)ccc1O)c1ccc(C#Cc2ccccc2)o1. The van der Waals surface area contributed by atoms with Crippen molar-refractivity contribution >= 4 is 5.97 Å². The van der Waals surface area contributed by atoms with E-state index in [2.05, 4.69) is 11.8 Å². The molecule has 2 aromatic heterocycles. The Kier molecular flexibility index (Phi) is 3.77. The zero-order valence-electron chi connectivity index (χ0n) is 11.8. The summed E-state index contributed by atoms with van der Waals surface area (Å²) in [5, 5.41) is 18.8. The van der Waals surface area contributed by atoms with Gasteiger partial charge < -0.3 is 19.5 Å². The highest BCUT2D eigenvalue weighted by molar-refractivity contribution is 5.86. The molecular formula is C17H11NO5. The van der Waals surface area contributed by atoms with Crippen LogP contribution in [0.15, 0.2) is 59.0 Å². The maximum Gasteiger partial charge on any atom is 0.399 e. The van der Waals surface area contributed by atoms with Crippen molar-refractivity contribution < 1.29 is 24.3 Å². The van der Waals surface area contributed by atoms with Crippen molar-refractivity contribution in [2.45, 2.75) is 0 Å². The lowest BCUT2D eigenvalue weighted by Gasteiger charge is -2.04. The first-order valence-corrected chi connectivity index (χ1v) is 6.63. The normalized spacial score (nSPS) is 9.91. The summed E-state index contributed by atoms with van der Waals surface area (Å²) in [5.41, 5.74) is 0.815. The van der Waals surface area contributed by atoms with Gasteiger partial charge in [-0.25, -0.2) is 4.79 Å². The molecule has 0 amide bonds. The Morgan fingerprint density at radius 1 is 0.957 bits per heavy atom. The summed E-state index contributed by atoms with van der Waals surface area (Å²) in [6, 6.07) is 14.6. The van der Waals surface area contributed by atoms with Gasteiger partial charge in [-0.3, -0.25) is 0 Å². The topological polar surface area (TPSA) is 84.8 Å². The lowest BCUT2D eigenvalue weighted by atomic mass is 10.2. The molecule has 6 heteroatoms. The van der Waals surface area contributed by atoms with Crippen LogP contribution in [-0.2, 0) is 0 Å². The van der Waals surface area contributed by atoms with E-state index in [9.17, 15) is 15.0 Å². The number of carbonyl (C=O) groups excluding carboxylic acids is 1. The van der Waals surface area contributed by atoms with E-state index in [1.807, 2.05) is 30.3 Å². The number of rotatable bonds is 2. The highest BCUT2D eigenvalue weighted by Crippen LogP contribution is 2.19. The van der Waals surface area contributed by atoms with Gasteiger partial charge in [0, 0.05) is 17.7 Å². The molecule has 23 heavy (non-hydrogen) atoms. The summed E-state index contributed by atoms with van der Waals surface area (Å²) in [4.78, 5) is 16.7. The van der Waals surface area contributed by atoms with Crippen molar-refractivity contribution in [3.63, 3.8) is 0 Å². The van der Waals surface area contributed by atoms with Crippen LogP contribution in [0.2, 0.25) is 0 Å². The Balaban J connectivity index is 1.74. The largest absolute Gasteiger partial charge is 0.492 e. The van der Waals surface area contributed by atoms with Gasteiger partial charge in [0.1, 0.15) is 0 Å². The fourth-order valence-corrected chi connectivity index (χ4v) is 1.79. The van der Waals surface area contributed by atoms with Crippen LogP contribution < -0.4 is 4.84 Å². The van der Waals surface area contributed by atoms with Gasteiger partial charge in [0.2, 0.25) is 17.5 Å². The summed E-state index contributed by atoms with van der Waals surface area (Å²) in [7, 11) is 0. The summed E-state index contributed by atoms with van der Waals surface area (Å²) in [5.74, 6) is 4.18. The second-order valence-corrected chi connectivity index (χ2v) is 4.50. The molecule has 0 bridgehead atoms. The fourth-order valence-electron chi connectivity index (χ4n) is 1.79. The van der Waals surface area contributed by atoms with E-state index in [0.29, 0.717) is 10.5 Å². The predicted octanol–water partition coefficient (Wildman–Crippen LogP) is 2.16. The molecule has 0 saturated carbocycles. The lowest BCUT2D eigenvalue weighted by Crippen LogP contribution is -2.18. The van der Waals surface area contributed by atoms with E-state index in [-0.39, 0.29) is 5.76 Å². The molecule has 0 aliphatic heterocycles. The maximum atomic E-state index is 11.9. The molecule has 0 spiro atoms. The van der Waals surface area contributed by atoms with Gasteiger partial charge in [0.05, 0.1) is 0 Å². The third kappa shape index (κ3) is 3.19. The van der Waals surface area contributed by atoms with E-state index in [0.717, 1.165) is 5.56 Å². The molecule has 3 rings (SSSR count). The Bertz CT molecular complexity index is 876. The first kappa shape index (κ1) is 14.4. The van der Waals surface area contributed by atoms with Crippen molar-refractivity contribution in [1.29, 1.82) is 0 Å². The van der Waals surface area contributed by atoms with E-state index in [4.69, 9.17) is 9.25 Å². The van der Waals surface area contributed by atoms with Crippen molar-refractivity contribution in [3.8, 4) is 23.6 Å². The van der Waals surface area contributed by atoms with Crippen LogP contribution in [0.1, 0.15) is 21.9 Å². The Morgan fingerprint density at radius 2 is 1.65 bits per heavy atom. The van der Waals surface area contributed by atoms with Gasteiger partial charge in [-0.1, -0.05) is 24.1 Å². The van der Waals surface area contributed by atoms with Crippen molar-refractivity contribution in [2.75, 3.05) is 0 Å². The number of benzene rings is 1. The van der Waals surface area contributed by atoms with Gasteiger partial charge in [0.15, 0.2) is 5.76 Å². The summed E-state index contributed by atoms with van der Waals surface area (Å²) in [6.45, 7) is 0. The van der Waals surface area contributed by atoms with Crippen LogP contribution in [0.4, 0.5) is 0 Å². The first-order chi connectivity index (χ1) is 11.1. The van der Waals surface area contributed by atoms with Crippen LogP contribution >= 0.6 is 0 Å². The summed E-state index contributed by atoms with van der Waals surface area (Å²) in [6.07, 6.45) is 0. The Labute approximate surface area is 131 Å². The molecule has 0 fully saturated rings. The molecule has 0 aliphatic rings. The Hall–Kier alpha value is -3.59. The first-order valence-electron chi connectivity index (χ1n) is 6.63. The quantitative estimate of drug-likeness (QED) is 0.709. The molecule has 0 saturated heterocycles. The third-order valence-corrected chi connectivity index (χ3v) is 2.88. The van der Waals surface area contributed by atoms with Crippen molar-refractivity contribution in [2.24, 2.45) is 0 Å². The zero-order chi connectivity index (χ0) is 16.2. The fraction of sp³-hybridized carbons (Fsp3) is 0. The molecule has 0 unspecified atom stereocenters. The molecule has 3 aromatic rings. The summed E-state index contributed by atoms with van der Waals surface area (Å²) >= 11 is 0. The van der Waals surface area contributed by atoms with Gasteiger partial charge in [-0.15, -0.1) is 4.73 Å². The molecule has 6 nitrogen and oxygen atoms in total. The molecular weight excluding hydrogens is 298 g/mol. The van der Waals surface area contributed by atoms with E-state index < -0.39 is 17.7 Å². The number of hydrogen-bond donors (Lipinski definition) is 2. The minimum absolute atomic E-state index is 0.102. The highest BCUT2D eigenvalue weighted by Gasteiger charge is 2.17. The standard InChI is InChI=1S/C17H11NO5/c19-15-10-11-16(20)18(15)23-17(21)14-9-8-13(22-14)7-6-12-4-2-1-3-5-12/h1-5,8-11,19-20H. The van der Waals surface area contributed by atoms with Crippen molar-refractivity contribution in [3.05, 3.63) is 71.7 Å². The number of aromatic hydroxyl groups is 2. The maximum absolute atomic E-state index is 11.9. The monoisotopic (exact) mass is 309 g/mol. The average Bonchev–Trinajstić information content (AvgIpc) is 3.16. The van der Waals surface area contributed by atoms with E-state index in [1.54, 1.807) is 0 Å². The lowest BCUT2D eigenvalue weighted by molar-refractivity contribution is 0.0346. The predicted molar refractivity (Wildman–Crippen MR) is 79.8 cm³/mol. The molecule has 0 atom stereocenters. The highest BCUT2D eigenvalue weighted by atomic mass is 16.7. The number of nitrogens with zero attached hydrogens (tertiary/aromatic N) is 1. The van der Waals surface area contributed by atoms with Crippen LogP contribution in [-0.4, -0.2) is 20.9 Å². The number of hydrogen-bond acceptors (Lipinski definition) is 5. The molecule has 0 radical (unpaired) electrons. The molecule has 2 heterocycles. The van der Waals surface area contributed by atoms with Crippen LogP contribution in [0.25, 0.3) is 0 Å². The molecule has 2 N–H and O–H groups in total. The van der Waals surface area contributed by atoms with Gasteiger partial charge in [0.25, 0.3) is 0 Å². The second kappa shape index (κ2) is 6.03. The molecule has 114 valence electrons. The van der Waals surface area contributed by atoms with Crippen molar-refractivity contribution in [1.82, 2.24) is 4.73 Å². The smallest absolute Gasteiger partial charge is 0.399 e. The van der Waals surface area contributed by atoms with Gasteiger partial charge >= 0.3 is 5.97 Å². The second-order valence-electron chi connectivity index (χ2n) is 4.50. The van der Waals surface area contributed by atoms with Gasteiger partial charge in [-0.2, -0.15) is 0 Å². The zero-order valence-corrected chi connectivity index (χ0v) is 11.8. The van der Waals surface area contributed by atoms with Crippen LogP contribution in [0.5, 0.6) is 11.8 Å². The number of aromatic nitrogens is 1. The third-order valence-electron chi connectivity index (χ3n) is 2.88. The number of carbonyl (C=O) groups is 1. The van der Waals surface area contributed by atoms with E-state index >= 15 is 0 Å². The van der Waals surface area contributed by atoms with Crippen LogP contribution in [0, 0.1) is 11.8 Å². The van der Waals surface area contributed by atoms with Gasteiger partial charge in [-0.05, 0) is 30.2 Å².